The van der Waals surface area contributed by atoms with Crippen molar-refractivity contribution < 1.29 is 14.6 Å². The zero-order valence-electron chi connectivity index (χ0n) is 14.4. The average molecular weight is 340 g/mol. The van der Waals surface area contributed by atoms with Gasteiger partial charge in [-0.05, 0) is 35.7 Å². The number of ether oxygens (including phenoxy) is 1. The van der Waals surface area contributed by atoms with Gasteiger partial charge in [0.1, 0.15) is 5.75 Å². The second-order valence-corrected chi connectivity index (χ2v) is 6.29. The molecular weight excluding hydrogens is 316 g/mol. The molecule has 2 aromatic rings. The summed E-state index contributed by atoms with van der Waals surface area (Å²) in [7, 11) is 0. The number of rotatable bonds is 5. The van der Waals surface area contributed by atoms with Gasteiger partial charge in [-0.3, -0.25) is 9.69 Å². The van der Waals surface area contributed by atoms with Crippen LogP contribution in [0.25, 0.3) is 11.1 Å². The molecule has 25 heavy (non-hydrogen) atoms. The minimum atomic E-state index is -0.139. The Morgan fingerprint density at radius 3 is 2.24 bits per heavy atom. The van der Waals surface area contributed by atoms with Crippen LogP contribution in [0.2, 0.25) is 0 Å². The number of phenolic OH excluding ortho intramolecular Hbond substituents is 1. The second-order valence-electron chi connectivity index (χ2n) is 6.29. The Morgan fingerprint density at radius 2 is 1.64 bits per heavy atom. The first kappa shape index (κ1) is 17.5. The van der Waals surface area contributed by atoms with Crippen molar-refractivity contribution in [1.29, 1.82) is 0 Å². The molecule has 1 atom stereocenters. The van der Waals surface area contributed by atoms with Crippen molar-refractivity contribution >= 4 is 5.91 Å². The molecule has 5 heteroatoms. The van der Waals surface area contributed by atoms with Gasteiger partial charge in [-0.2, -0.15) is 0 Å². The number of phenols is 1. The Morgan fingerprint density at radius 1 is 1.08 bits per heavy atom. The van der Waals surface area contributed by atoms with Crippen LogP contribution in [0.3, 0.4) is 0 Å². The molecule has 0 bridgehead atoms. The van der Waals surface area contributed by atoms with E-state index in [-0.39, 0.29) is 17.7 Å². The molecule has 0 spiro atoms. The predicted molar refractivity (Wildman–Crippen MR) is 97.2 cm³/mol. The van der Waals surface area contributed by atoms with E-state index in [0.717, 1.165) is 29.8 Å². The number of nitrogens with one attached hydrogen (secondary N) is 1. The maximum Gasteiger partial charge on any atom is 0.237 e. The molecule has 1 heterocycles. The number of nitrogens with zero attached hydrogens (tertiary/aromatic N) is 1. The Bertz CT molecular complexity index is 692. The summed E-state index contributed by atoms with van der Waals surface area (Å²) in [6.45, 7) is 5.44. The van der Waals surface area contributed by atoms with E-state index in [2.05, 4.69) is 10.2 Å². The Hall–Kier alpha value is -2.37. The third kappa shape index (κ3) is 4.59. The molecule has 1 saturated heterocycles. The van der Waals surface area contributed by atoms with E-state index < -0.39 is 0 Å². The van der Waals surface area contributed by atoms with Gasteiger partial charge in [0, 0.05) is 19.6 Å². The third-order valence-corrected chi connectivity index (χ3v) is 4.59. The lowest BCUT2D eigenvalue weighted by Gasteiger charge is -2.31. The van der Waals surface area contributed by atoms with Gasteiger partial charge in [-0.15, -0.1) is 0 Å². The summed E-state index contributed by atoms with van der Waals surface area (Å²) in [6, 6.07) is 15.1. The molecule has 0 aliphatic carbocycles. The molecule has 0 radical (unpaired) electrons. The number of hydrogen-bond donors (Lipinski definition) is 2. The number of carbonyl (C=O) groups is 1. The number of aromatic hydroxyl groups is 1. The lowest BCUT2D eigenvalue weighted by Crippen LogP contribution is -2.49. The molecule has 0 aromatic heterocycles. The van der Waals surface area contributed by atoms with Crippen molar-refractivity contribution in [2.24, 2.45) is 0 Å². The van der Waals surface area contributed by atoms with E-state index in [1.165, 1.54) is 0 Å². The van der Waals surface area contributed by atoms with E-state index in [4.69, 9.17) is 4.74 Å². The molecule has 1 fully saturated rings. The maximum atomic E-state index is 12.3. The van der Waals surface area contributed by atoms with Gasteiger partial charge in [-0.1, -0.05) is 36.4 Å². The molecule has 1 aliphatic rings. The van der Waals surface area contributed by atoms with Gasteiger partial charge in [-0.25, -0.2) is 0 Å². The quantitative estimate of drug-likeness (QED) is 0.877. The van der Waals surface area contributed by atoms with Crippen LogP contribution < -0.4 is 5.32 Å². The van der Waals surface area contributed by atoms with Crippen molar-refractivity contribution in [3.05, 3.63) is 54.1 Å². The third-order valence-electron chi connectivity index (χ3n) is 4.59. The van der Waals surface area contributed by atoms with Gasteiger partial charge in [0.2, 0.25) is 5.91 Å². The van der Waals surface area contributed by atoms with Crippen molar-refractivity contribution in [3.63, 3.8) is 0 Å². The smallest absolute Gasteiger partial charge is 0.237 e. The maximum absolute atomic E-state index is 12.3. The number of carbonyl (C=O) groups excluding carboxylic acids is 1. The largest absolute Gasteiger partial charge is 0.508 e. The minimum absolute atomic E-state index is 0.0458. The summed E-state index contributed by atoms with van der Waals surface area (Å²) >= 11 is 0. The zero-order chi connectivity index (χ0) is 17.6. The van der Waals surface area contributed by atoms with Crippen LogP contribution in [-0.2, 0) is 16.1 Å². The predicted octanol–water partition coefficient (Wildman–Crippen LogP) is 2.40. The van der Waals surface area contributed by atoms with E-state index in [0.29, 0.717) is 19.8 Å². The summed E-state index contributed by atoms with van der Waals surface area (Å²) < 4.78 is 5.33. The second kappa shape index (κ2) is 8.14. The summed E-state index contributed by atoms with van der Waals surface area (Å²) in [5.74, 6) is 0.307. The number of morpholine rings is 1. The van der Waals surface area contributed by atoms with E-state index in [1.807, 2.05) is 43.3 Å². The van der Waals surface area contributed by atoms with E-state index in [1.54, 1.807) is 12.1 Å². The standard InChI is InChI=1S/C20H24N2O3/c1-15(22-10-12-25-13-11-22)20(24)21-14-16-2-4-17(5-3-16)18-6-8-19(23)9-7-18/h2-9,15,23H,10-14H2,1H3,(H,21,24). The van der Waals surface area contributed by atoms with Crippen LogP contribution in [0.1, 0.15) is 12.5 Å². The zero-order valence-corrected chi connectivity index (χ0v) is 14.4. The molecule has 3 rings (SSSR count). The fraction of sp³-hybridized carbons (Fsp3) is 0.350. The molecule has 2 aromatic carbocycles. The van der Waals surface area contributed by atoms with Crippen LogP contribution in [0.4, 0.5) is 0 Å². The van der Waals surface area contributed by atoms with Crippen molar-refractivity contribution in [2.45, 2.75) is 19.5 Å². The van der Waals surface area contributed by atoms with Gasteiger partial charge in [0.25, 0.3) is 0 Å². The molecule has 2 N–H and O–H groups in total. The summed E-state index contributed by atoms with van der Waals surface area (Å²) in [5.41, 5.74) is 3.19. The Balaban J connectivity index is 1.54. The van der Waals surface area contributed by atoms with Crippen molar-refractivity contribution in [3.8, 4) is 16.9 Å². The van der Waals surface area contributed by atoms with Gasteiger partial charge >= 0.3 is 0 Å². The lowest BCUT2D eigenvalue weighted by molar-refractivity contribution is -0.127. The molecular formula is C20H24N2O3. The van der Waals surface area contributed by atoms with Crippen LogP contribution in [-0.4, -0.2) is 48.3 Å². The van der Waals surface area contributed by atoms with Gasteiger partial charge in [0.05, 0.1) is 19.3 Å². The Kier molecular flexibility index (Phi) is 5.68. The minimum Gasteiger partial charge on any atom is -0.508 e. The molecule has 1 unspecified atom stereocenters. The molecule has 1 aliphatic heterocycles. The summed E-state index contributed by atoms with van der Waals surface area (Å²) in [4.78, 5) is 14.5. The highest BCUT2D eigenvalue weighted by Crippen LogP contribution is 2.22. The average Bonchev–Trinajstić information content (AvgIpc) is 2.67. The molecule has 132 valence electrons. The SMILES string of the molecule is CC(C(=O)NCc1ccc(-c2ccc(O)cc2)cc1)N1CCOCC1. The number of benzene rings is 2. The normalized spacial score (nSPS) is 16.4. The summed E-state index contributed by atoms with van der Waals surface area (Å²) in [6.07, 6.45) is 0. The van der Waals surface area contributed by atoms with Crippen molar-refractivity contribution in [2.75, 3.05) is 26.3 Å². The lowest BCUT2D eigenvalue weighted by atomic mass is 10.0. The molecule has 0 saturated carbocycles. The van der Waals surface area contributed by atoms with Crippen LogP contribution >= 0.6 is 0 Å². The van der Waals surface area contributed by atoms with Crippen LogP contribution in [0.15, 0.2) is 48.5 Å². The van der Waals surface area contributed by atoms with Crippen LogP contribution in [0.5, 0.6) is 5.75 Å². The van der Waals surface area contributed by atoms with E-state index >= 15 is 0 Å². The van der Waals surface area contributed by atoms with Gasteiger partial charge < -0.3 is 15.2 Å². The fourth-order valence-corrected chi connectivity index (χ4v) is 2.94. The van der Waals surface area contributed by atoms with Crippen LogP contribution in [0, 0.1) is 0 Å². The first-order valence-electron chi connectivity index (χ1n) is 8.61. The van der Waals surface area contributed by atoms with Crippen molar-refractivity contribution in [1.82, 2.24) is 10.2 Å². The van der Waals surface area contributed by atoms with E-state index in [9.17, 15) is 9.90 Å². The topological polar surface area (TPSA) is 61.8 Å². The molecule has 1 amide bonds. The highest BCUT2D eigenvalue weighted by molar-refractivity contribution is 5.81. The number of hydrogen-bond acceptors (Lipinski definition) is 4. The fourth-order valence-electron chi connectivity index (χ4n) is 2.94. The molecule has 5 nitrogen and oxygen atoms in total. The first-order chi connectivity index (χ1) is 12.1. The monoisotopic (exact) mass is 340 g/mol. The van der Waals surface area contributed by atoms with Gasteiger partial charge in [0.15, 0.2) is 0 Å². The Labute approximate surface area is 148 Å². The highest BCUT2D eigenvalue weighted by atomic mass is 16.5. The highest BCUT2D eigenvalue weighted by Gasteiger charge is 2.22. The number of amides is 1. The first-order valence-corrected chi connectivity index (χ1v) is 8.61. The summed E-state index contributed by atoms with van der Waals surface area (Å²) in [5, 5.41) is 12.4.